The van der Waals surface area contributed by atoms with Gasteiger partial charge < -0.3 is 24.7 Å². The SMILES string of the molecule is C=CCOC(=O)C1=C(N)Oc2cc(OC)ccc2[C@@H]1[C@H](C#N)C(=O)OCC=C. The Hall–Kier alpha value is -3.73. The number of esters is 2. The van der Waals surface area contributed by atoms with E-state index in [0.717, 1.165) is 0 Å². The molecule has 0 bridgehead atoms. The summed E-state index contributed by atoms with van der Waals surface area (Å²) in [5.74, 6) is -3.57. The summed E-state index contributed by atoms with van der Waals surface area (Å²) in [6.07, 6.45) is 2.75. The van der Waals surface area contributed by atoms with Gasteiger partial charge in [-0.15, -0.1) is 0 Å². The molecule has 0 aliphatic carbocycles. The van der Waals surface area contributed by atoms with Gasteiger partial charge >= 0.3 is 11.9 Å². The fourth-order valence-corrected chi connectivity index (χ4v) is 2.75. The maximum Gasteiger partial charge on any atom is 0.340 e. The Bertz CT molecular complexity index is 868. The highest BCUT2D eigenvalue weighted by Crippen LogP contribution is 2.44. The van der Waals surface area contributed by atoms with Gasteiger partial charge in [-0.1, -0.05) is 31.4 Å². The molecular weight excluding hydrogens is 364 g/mol. The monoisotopic (exact) mass is 384 g/mol. The van der Waals surface area contributed by atoms with Crippen molar-refractivity contribution < 1.29 is 28.5 Å². The smallest absolute Gasteiger partial charge is 0.340 e. The van der Waals surface area contributed by atoms with Crippen LogP contribution in [0.2, 0.25) is 0 Å². The van der Waals surface area contributed by atoms with Gasteiger partial charge in [0.2, 0.25) is 5.88 Å². The van der Waals surface area contributed by atoms with Gasteiger partial charge in [0.15, 0.2) is 5.92 Å². The quantitative estimate of drug-likeness (QED) is 0.533. The van der Waals surface area contributed by atoms with Crippen LogP contribution in [0.15, 0.2) is 55.0 Å². The van der Waals surface area contributed by atoms with Crippen LogP contribution in [-0.2, 0) is 19.1 Å². The van der Waals surface area contributed by atoms with E-state index >= 15 is 0 Å². The van der Waals surface area contributed by atoms with Gasteiger partial charge in [0.25, 0.3) is 0 Å². The molecule has 0 saturated carbocycles. The first-order chi connectivity index (χ1) is 13.5. The van der Waals surface area contributed by atoms with E-state index in [-0.39, 0.29) is 30.4 Å². The van der Waals surface area contributed by atoms with E-state index in [1.807, 2.05) is 6.07 Å². The standard InChI is InChI=1S/C20H20N2O6/c1-4-8-26-19(23)14(11-21)16-13-7-6-12(25-3)10-15(13)28-18(22)17(16)20(24)27-9-5-2/h4-7,10,14,16H,1-2,8-9,22H2,3H3/t14-,16+/m0/s1. The second-order valence-electron chi connectivity index (χ2n) is 5.67. The number of fused-ring (bicyclic) bond motifs is 1. The lowest BCUT2D eigenvalue weighted by atomic mass is 9.79. The van der Waals surface area contributed by atoms with Crippen LogP contribution in [-0.4, -0.2) is 32.3 Å². The fraction of sp³-hybridized carbons (Fsp3) is 0.250. The second kappa shape index (κ2) is 9.28. The Morgan fingerprint density at radius 2 is 2.00 bits per heavy atom. The number of rotatable bonds is 8. The van der Waals surface area contributed by atoms with Crippen molar-refractivity contribution in [2.24, 2.45) is 11.7 Å². The summed E-state index contributed by atoms with van der Waals surface area (Å²) in [7, 11) is 1.48. The number of benzene rings is 1. The molecule has 8 nitrogen and oxygen atoms in total. The summed E-state index contributed by atoms with van der Waals surface area (Å²) in [5.41, 5.74) is 6.22. The molecule has 28 heavy (non-hydrogen) atoms. The highest BCUT2D eigenvalue weighted by atomic mass is 16.5. The first-order valence-electron chi connectivity index (χ1n) is 8.29. The molecule has 0 fully saturated rings. The number of hydrogen-bond acceptors (Lipinski definition) is 8. The van der Waals surface area contributed by atoms with Crippen molar-refractivity contribution in [1.29, 1.82) is 5.26 Å². The molecule has 2 N–H and O–H groups in total. The summed E-state index contributed by atoms with van der Waals surface area (Å²) < 4.78 is 20.8. The van der Waals surface area contributed by atoms with Gasteiger partial charge in [-0.3, -0.25) is 4.79 Å². The van der Waals surface area contributed by atoms with E-state index in [2.05, 4.69) is 13.2 Å². The highest BCUT2D eigenvalue weighted by molar-refractivity contribution is 5.94. The second-order valence-corrected chi connectivity index (χ2v) is 5.67. The van der Waals surface area contributed by atoms with Gasteiger partial charge in [0.05, 0.1) is 19.1 Å². The summed E-state index contributed by atoms with van der Waals surface area (Å²) >= 11 is 0. The summed E-state index contributed by atoms with van der Waals surface area (Å²) in [6, 6.07) is 6.66. The third-order valence-corrected chi connectivity index (χ3v) is 3.97. The van der Waals surface area contributed by atoms with Crippen LogP contribution in [0.4, 0.5) is 0 Å². The van der Waals surface area contributed by atoms with Gasteiger partial charge in [0.1, 0.15) is 30.3 Å². The highest BCUT2D eigenvalue weighted by Gasteiger charge is 2.43. The van der Waals surface area contributed by atoms with Crippen LogP contribution in [0.25, 0.3) is 0 Å². The molecule has 8 heteroatoms. The van der Waals surface area contributed by atoms with Crippen LogP contribution in [0.5, 0.6) is 11.5 Å². The Morgan fingerprint density at radius 1 is 1.32 bits per heavy atom. The van der Waals surface area contributed by atoms with E-state index in [1.165, 1.54) is 19.3 Å². The molecule has 1 aliphatic heterocycles. The fourth-order valence-electron chi connectivity index (χ4n) is 2.75. The number of nitriles is 1. The minimum absolute atomic E-state index is 0.0735. The number of methoxy groups -OCH3 is 1. The largest absolute Gasteiger partial charge is 0.497 e. The molecule has 1 heterocycles. The van der Waals surface area contributed by atoms with Gasteiger partial charge in [0, 0.05) is 11.6 Å². The van der Waals surface area contributed by atoms with Crippen molar-refractivity contribution in [2.45, 2.75) is 5.92 Å². The number of carbonyl (C=O) groups is 2. The molecular formula is C20H20N2O6. The molecule has 0 aromatic heterocycles. The van der Waals surface area contributed by atoms with E-state index in [4.69, 9.17) is 24.7 Å². The lowest BCUT2D eigenvalue weighted by molar-refractivity contribution is -0.146. The average molecular weight is 384 g/mol. The zero-order valence-corrected chi connectivity index (χ0v) is 15.3. The normalized spacial score (nSPS) is 15.9. The summed E-state index contributed by atoms with van der Waals surface area (Å²) in [6.45, 7) is 6.79. The zero-order valence-electron chi connectivity index (χ0n) is 15.3. The lowest BCUT2D eigenvalue weighted by Crippen LogP contribution is -2.34. The molecule has 2 rings (SSSR count). The van der Waals surface area contributed by atoms with E-state index in [9.17, 15) is 14.9 Å². The molecule has 2 atom stereocenters. The third-order valence-electron chi connectivity index (χ3n) is 3.97. The number of nitrogens with zero attached hydrogens (tertiary/aromatic N) is 1. The van der Waals surface area contributed by atoms with Gasteiger partial charge in [-0.2, -0.15) is 5.26 Å². The van der Waals surface area contributed by atoms with E-state index in [1.54, 1.807) is 18.2 Å². The third kappa shape index (κ3) is 4.15. The molecule has 0 saturated heterocycles. The van der Waals surface area contributed by atoms with Crippen LogP contribution in [0.1, 0.15) is 11.5 Å². The van der Waals surface area contributed by atoms with Gasteiger partial charge in [-0.05, 0) is 6.07 Å². The topological polar surface area (TPSA) is 121 Å². The Kier molecular flexibility index (Phi) is 6.82. The molecule has 146 valence electrons. The molecule has 0 radical (unpaired) electrons. The van der Waals surface area contributed by atoms with Gasteiger partial charge in [-0.25, -0.2) is 4.79 Å². The van der Waals surface area contributed by atoms with Crippen molar-refractivity contribution in [3.8, 4) is 17.6 Å². The van der Waals surface area contributed by atoms with Crippen LogP contribution < -0.4 is 15.2 Å². The summed E-state index contributed by atoms with van der Waals surface area (Å²) in [4.78, 5) is 25.0. The first-order valence-corrected chi connectivity index (χ1v) is 8.29. The minimum Gasteiger partial charge on any atom is -0.497 e. The van der Waals surface area contributed by atoms with Crippen LogP contribution in [0, 0.1) is 17.2 Å². The number of nitrogens with two attached hydrogens (primary N) is 1. The predicted octanol–water partition coefficient (Wildman–Crippen LogP) is 1.94. The summed E-state index contributed by atoms with van der Waals surface area (Å²) in [5, 5.41) is 9.66. The van der Waals surface area contributed by atoms with Crippen LogP contribution >= 0.6 is 0 Å². The molecule has 0 unspecified atom stereocenters. The maximum absolute atomic E-state index is 12.6. The van der Waals surface area contributed by atoms with Crippen molar-refractivity contribution >= 4 is 11.9 Å². The Morgan fingerprint density at radius 3 is 2.61 bits per heavy atom. The molecule has 1 aromatic rings. The van der Waals surface area contributed by atoms with Crippen molar-refractivity contribution in [3.63, 3.8) is 0 Å². The van der Waals surface area contributed by atoms with E-state index in [0.29, 0.717) is 11.3 Å². The van der Waals surface area contributed by atoms with Crippen molar-refractivity contribution in [3.05, 3.63) is 60.5 Å². The number of hydrogen-bond donors (Lipinski definition) is 1. The van der Waals surface area contributed by atoms with Crippen LogP contribution in [0.3, 0.4) is 0 Å². The lowest BCUT2D eigenvalue weighted by Gasteiger charge is -2.30. The van der Waals surface area contributed by atoms with E-state index < -0.39 is 23.8 Å². The molecule has 0 spiro atoms. The van der Waals surface area contributed by atoms with Crippen molar-refractivity contribution in [2.75, 3.05) is 20.3 Å². The number of ether oxygens (including phenoxy) is 4. The predicted molar refractivity (Wildman–Crippen MR) is 99.0 cm³/mol. The average Bonchev–Trinajstić information content (AvgIpc) is 2.70. The number of carbonyl (C=O) groups excluding carboxylic acids is 2. The molecule has 0 amide bonds. The first kappa shape index (κ1) is 20.6. The Labute approximate surface area is 162 Å². The zero-order chi connectivity index (χ0) is 20.7. The molecule has 1 aliphatic rings. The minimum atomic E-state index is -1.36. The molecule has 1 aromatic carbocycles. The van der Waals surface area contributed by atoms with Crippen molar-refractivity contribution in [1.82, 2.24) is 0 Å². The Balaban J connectivity index is 2.57. The maximum atomic E-state index is 12.6.